The smallest absolute Gasteiger partial charge is 0.246 e. The standard InChI is InChI=1S/C13H16N4O3/c1-17-7-8(6-15-17)12(14)13(19)16-10-4-3-9(20-2)5-11(10)18/h3-7,12,18H,14H2,1-2H3,(H,16,19). The molecule has 0 aliphatic rings. The molecule has 0 radical (unpaired) electrons. The minimum Gasteiger partial charge on any atom is -0.506 e. The average Bonchev–Trinajstić information content (AvgIpc) is 2.86. The van der Waals surface area contributed by atoms with Crippen molar-refractivity contribution in [3.63, 3.8) is 0 Å². The molecule has 20 heavy (non-hydrogen) atoms. The van der Waals surface area contributed by atoms with Gasteiger partial charge >= 0.3 is 0 Å². The molecule has 1 amide bonds. The lowest BCUT2D eigenvalue weighted by Crippen LogP contribution is -2.27. The number of aryl methyl sites for hydroxylation is 1. The van der Waals surface area contributed by atoms with Gasteiger partial charge in [-0.05, 0) is 12.1 Å². The number of hydrogen-bond donors (Lipinski definition) is 3. The van der Waals surface area contributed by atoms with Gasteiger partial charge in [0.15, 0.2) is 0 Å². The molecule has 4 N–H and O–H groups in total. The first kappa shape index (κ1) is 13.9. The van der Waals surface area contributed by atoms with Crippen molar-refractivity contribution >= 4 is 11.6 Å². The Morgan fingerprint density at radius 3 is 2.85 bits per heavy atom. The summed E-state index contributed by atoms with van der Waals surface area (Å²) in [5.41, 5.74) is 6.70. The minimum absolute atomic E-state index is 0.0870. The summed E-state index contributed by atoms with van der Waals surface area (Å²) in [6, 6.07) is 3.73. The zero-order chi connectivity index (χ0) is 14.7. The van der Waals surface area contributed by atoms with Crippen LogP contribution in [-0.4, -0.2) is 27.9 Å². The molecule has 1 atom stereocenters. The Morgan fingerprint density at radius 2 is 2.30 bits per heavy atom. The highest BCUT2D eigenvalue weighted by atomic mass is 16.5. The third kappa shape index (κ3) is 2.89. The lowest BCUT2D eigenvalue weighted by Gasteiger charge is -2.12. The van der Waals surface area contributed by atoms with Crippen LogP contribution in [-0.2, 0) is 11.8 Å². The second-order valence-corrected chi connectivity index (χ2v) is 4.30. The minimum atomic E-state index is -0.856. The number of ether oxygens (including phenoxy) is 1. The number of phenols is 1. The van der Waals surface area contributed by atoms with E-state index in [1.54, 1.807) is 30.1 Å². The molecule has 1 aromatic heterocycles. The summed E-state index contributed by atoms with van der Waals surface area (Å²) in [4.78, 5) is 12.0. The van der Waals surface area contributed by atoms with Gasteiger partial charge in [0.2, 0.25) is 5.91 Å². The second kappa shape index (κ2) is 5.62. The fourth-order valence-corrected chi connectivity index (χ4v) is 1.71. The maximum Gasteiger partial charge on any atom is 0.246 e. The van der Waals surface area contributed by atoms with Gasteiger partial charge in [-0.15, -0.1) is 0 Å². The van der Waals surface area contributed by atoms with Crippen molar-refractivity contribution in [3.8, 4) is 11.5 Å². The van der Waals surface area contributed by atoms with Gasteiger partial charge in [-0.3, -0.25) is 9.48 Å². The predicted molar refractivity (Wildman–Crippen MR) is 73.4 cm³/mol. The number of nitrogens with one attached hydrogen (secondary N) is 1. The van der Waals surface area contributed by atoms with E-state index < -0.39 is 11.9 Å². The Labute approximate surface area is 116 Å². The molecule has 7 heteroatoms. The van der Waals surface area contributed by atoms with Crippen LogP contribution in [0.2, 0.25) is 0 Å². The molecule has 0 fully saturated rings. The molecule has 1 heterocycles. The monoisotopic (exact) mass is 276 g/mol. The molecular weight excluding hydrogens is 260 g/mol. The number of aromatic hydroxyl groups is 1. The first-order valence-electron chi connectivity index (χ1n) is 5.93. The van der Waals surface area contributed by atoms with Crippen molar-refractivity contribution in [1.82, 2.24) is 9.78 Å². The van der Waals surface area contributed by atoms with E-state index in [1.165, 1.54) is 19.4 Å². The molecule has 0 aliphatic heterocycles. The van der Waals surface area contributed by atoms with Gasteiger partial charge in [-0.2, -0.15) is 5.10 Å². The molecule has 106 valence electrons. The molecule has 0 aliphatic carbocycles. The zero-order valence-electron chi connectivity index (χ0n) is 11.2. The lowest BCUT2D eigenvalue weighted by molar-refractivity contribution is -0.117. The Bertz CT molecular complexity index is 624. The van der Waals surface area contributed by atoms with Crippen LogP contribution in [0.1, 0.15) is 11.6 Å². The van der Waals surface area contributed by atoms with Crippen LogP contribution in [0.15, 0.2) is 30.6 Å². The molecule has 0 spiro atoms. The summed E-state index contributed by atoms with van der Waals surface area (Å²) in [6.45, 7) is 0. The van der Waals surface area contributed by atoms with E-state index in [0.717, 1.165) is 0 Å². The van der Waals surface area contributed by atoms with E-state index in [0.29, 0.717) is 11.3 Å². The Hall–Kier alpha value is -2.54. The maximum absolute atomic E-state index is 12.0. The normalized spacial score (nSPS) is 11.9. The predicted octanol–water partition coefficient (Wildman–Crippen LogP) is 0.773. The fourth-order valence-electron chi connectivity index (χ4n) is 1.71. The number of hydrogen-bond acceptors (Lipinski definition) is 5. The fraction of sp³-hybridized carbons (Fsp3) is 0.231. The van der Waals surface area contributed by atoms with Gasteiger partial charge in [0.25, 0.3) is 0 Å². The van der Waals surface area contributed by atoms with Crippen LogP contribution >= 0.6 is 0 Å². The van der Waals surface area contributed by atoms with Gasteiger partial charge in [0.05, 0.1) is 19.0 Å². The largest absolute Gasteiger partial charge is 0.506 e. The van der Waals surface area contributed by atoms with Crippen molar-refractivity contribution in [2.24, 2.45) is 12.8 Å². The maximum atomic E-state index is 12.0. The van der Waals surface area contributed by atoms with Crippen LogP contribution < -0.4 is 15.8 Å². The topological polar surface area (TPSA) is 102 Å². The summed E-state index contributed by atoms with van der Waals surface area (Å²) in [7, 11) is 3.23. The number of methoxy groups -OCH3 is 1. The number of amides is 1. The highest BCUT2D eigenvalue weighted by molar-refractivity contribution is 5.96. The van der Waals surface area contributed by atoms with Gasteiger partial charge in [0.1, 0.15) is 17.5 Å². The van der Waals surface area contributed by atoms with Crippen molar-refractivity contribution in [2.75, 3.05) is 12.4 Å². The third-order valence-corrected chi connectivity index (χ3v) is 2.83. The number of carbonyl (C=O) groups excluding carboxylic acids is 1. The third-order valence-electron chi connectivity index (χ3n) is 2.83. The van der Waals surface area contributed by atoms with Crippen molar-refractivity contribution in [3.05, 3.63) is 36.2 Å². The van der Waals surface area contributed by atoms with Crippen LogP contribution in [0.4, 0.5) is 5.69 Å². The van der Waals surface area contributed by atoms with Gasteiger partial charge in [-0.1, -0.05) is 0 Å². The molecule has 2 rings (SSSR count). The number of aromatic nitrogens is 2. The summed E-state index contributed by atoms with van der Waals surface area (Å²) < 4.78 is 6.53. The van der Waals surface area contributed by atoms with Crippen molar-refractivity contribution < 1.29 is 14.6 Å². The summed E-state index contributed by atoms with van der Waals surface area (Å²) in [6.07, 6.45) is 3.19. The Kier molecular flexibility index (Phi) is 3.90. The number of rotatable bonds is 4. The molecular formula is C13H16N4O3. The molecule has 1 unspecified atom stereocenters. The molecule has 0 saturated heterocycles. The van der Waals surface area contributed by atoms with E-state index in [2.05, 4.69) is 10.4 Å². The average molecular weight is 276 g/mol. The van der Waals surface area contributed by atoms with Gasteiger partial charge in [-0.25, -0.2) is 0 Å². The number of phenolic OH excluding ortho intramolecular Hbond substituents is 1. The van der Waals surface area contributed by atoms with E-state index in [4.69, 9.17) is 10.5 Å². The first-order chi connectivity index (χ1) is 9.51. The highest BCUT2D eigenvalue weighted by Crippen LogP contribution is 2.28. The Morgan fingerprint density at radius 1 is 1.55 bits per heavy atom. The van der Waals surface area contributed by atoms with Crippen LogP contribution in [0, 0.1) is 0 Å². The summed E-state index contributed by atoms with van der Waals surface area (Å²) in [5.74, 6) is -0.0217. The molecule has 7 nitrogen and oxygen atoms in total. The van der Waals surface area contributed by atoms with Crippen LogP contribution in [0.25, 0.3) is 0 Å². The zero-order valence-corrected chi connectivity index (χ0v) is 11.2. The number of nitrogens with two attached hydrogens (primary N) is 1. The summed E-state index contributed by atoms with van der Waals surface area (Å²) in [5, 5.41) is 16.3. The van der Waals surface area contributed by atoms with E-state index >= 15 is 0 Å². The molecule has 0 bridgehead atoms. The van der Waals surface area contributed by atoms with Gasteiger partial charge in [0, 0.05) is 24.9 Å². The number of anilines is 1. The number of nitrogens with zero attached hydrogens (tertiary/aromatic N) is 2. The Balaban J connectivity index is 2.11. The van der Waals surface area contributed by atoms with E-state index in [9.17, 15) is 9.90 Å². The SMILES string of the molecule is COc1ccc(NC(=O)C(N)c2cnn(C)c2)c(O)c1. The number of carbonyl (C=O) groups is 1. The van der Waals surface area contributed by atoms with Crippen molar-refractivity contribution in [1.29, 1.82) is 0 Å². The summed E-state index contributed by atoms with van der Waals surface area (Å²) >= 11 is 0. The molecule has 0 saturated carbocycles. The van der Waals surface area contributed by atoms with Crippen LogP contribution in [0.3, 0.4) is 0 Å². The second-order valence-electron chi connectivity index (χ2n) is 4.30. The number of benzene rings is 1. The first-order valence-corrected chi connectivity index (χ1v) is 5.93. The van der Waals surface area contributed by atoms with Gasteiger partial charge < -0.3 is 20.9 Å². The van der Waals surface area contributed by atoms with Crippen molar-refractivity contribution in [2.45, 2.75) is 6.04 Å². The molecule has 1 aromatic carbocycles. The lowest BCUT2D eigenvalue weighted by atomic mass is 10.1. The van der Waals surface area contributed by atoms with Crippen LogP contribution in [0.5, 0.6) is 11.5 Å². The van der Waals surface area contributed by atoms with E-state index in [1.807, 2.05) is 0 Å². The highest BCUT2D eigenvalue weighted by Gasteiger charge is 2.18. The molecule has 2 aromatic rings. The quantitative estimate of drug-likeness (QED) is 0.716. The van der Waals surface area contributed by atoms with E-state index in [-0.39, 0.29) is 11.4 Å².